The van der Waals surface area contributed by atoms with Gasteiger partial charge in [0.15, 0.2) is 0 Å². The van der Waals surface area contributed by atoms with Gasteiger partial charge < -0.3 is 14.5 Å². The average molecular weight is 434 g/mol. The van der Waals surface area contributed by atoms with Gasteiger partial charge in [0, 0.05) is 32.7 Å². The van der Waals surface area contributed by atoms with E-state index in [4.69, 9.17) is 4.74 Å². The van der Waals surface area contributed by atoms with Crippen LogP contribution >= 0.6 is 0 Å². The largest absolute Gasteiger partial charge is 0.497 e. The van der Waals surface area contributed by atoms with E-state index in [-0.39, 0.29) is 11.8 Å². The van der Waals surface area contributed by atoms with Crippen molar-refractivity contribution in [3.8, 4) is 5.75 Å². The van der Waals surface area contributed by atoms with Gasteiger partial charge in [-0.2, -0.15) is 0 Å². The molecule has 2 aromatic rings. The molecule has 1 saturated heterocycles. The molecule has 6 nitrogen and oxygen atoms in total. The fraction of sp³-hybridized carbons (Fsp3) is 0.385. The lowest BCUT2D eigenvalue weighted by Gasteiger charge is -2.34. The summed E-state index contributed by atoms with van der Waals surface area (Å²) in [5.74, 6) is 0.417. The van der Waals surface area contributed by atoms with Crippen LogP contribution < -0.4 is 4.74 Å². The number of methoxy groups -OCH3 is 1. The lowest BCUT2D eigenvalue weighted by atomic mass is 9.99. The standard InChI is InChI=1S/C26H31N3O3/c1-18-5-8-21(17-19(18)2)23-24(28-15-13-27(3)14-16-28)26(31)29(25(23)30)12-11-20-6-9-22(32-4)10-7-20/h5-10,17H,11-16H2,1-4H3. The molecule has 0 radical (unpaired) electrons. The molecule has 168 valence electrons. The number of nitrogens with zero attached hydrogens (tertiary/aromatic N) is 3. The number of hydrogen-bond acceptors (Lipinski definition) is 5. The predicted octanol–water partition coefficient (Wildman–Crippen LogP) is 2.88. The number of imide groups is 1. The number of benzene rings is 2. The number of likely N-dealkylation sites (N-methyl/N-ethyl adjacent to an activating group) is 1. The molecule has 2 aliphatic heterocycles. The number of ether oxygens (including phenoxy) is 1. The molecule has 2 amide bonds. The maximum absolute atomic E-state index is 13.5. The van der Waals surface area contributed by atoms with Gasteiger partial charge >= 0.3 is 0 Å². The first-order valence-corrected chi connectivity index (χ1v) is 11.1. The Morgan fingerprint density at radius 2 is 1.56 bits per heavy atom. The van der Waals surface area contributed by atoms with Gasteiger partial charge in [-0.05, 0) is 61.7 Å². The molecule has 32 heavy (non-hydrogen) atoms. The fourth-order valence-corrected chi connectivity index (χ4v) is 4.28. The molecule has 2 heterocycles. The molecule has 0 aliphatic carbocycles. The van der Waals surface area contributed by atoms with Gasteiger partial charge in [-0.15, -0.1) is 0 Å². The molecule has 6 heteroatoms. The summed E-state index contributed by atoms with van der Waals surface area (Å²) in [7, 11) is 3.72. The fourth-order valence-electron chi connectivity index (χ4n) is 4.28. The predicted molar refractivity (Wildman–Crippen MR) is 125 cm³/mol. The van der Waals surface area contributed by atoms with Crippen molar-refractivity contribution in [3.05, 3.63) is 70.4 Å². The summed E-state index contributed by atoms with van der Waals surface area (Å²) in [6.45, 7) is 7.68. The van der Waals surface area contributed by atoms with Crippen molar-refractivity contribution < 1.29 is 14.3 Å². The Hall–Kier alpha value is -3.12. The number of piperazine rings is 1. The molecule has 2 aliphatic rings. The number of rotatable bonds is 6. The first-order valence-electron chi connectivity index (χ1n) is 11.1. The van der Waals surface area contributed by atoms with Crippen LogP contribution in [0.25, 0.3) is 5.57 Å². The third-order valence-electron chi connectivity index (χ3n) is 6.54. The second-order valence-electron chi connectivity index (χ2n) is 8.67. The minimum atomic E-state index is -0.194. The van der Waals surface area contributed by atoms with E-state index in [9.17, 15) is 9.59 Å². The molecule has 0 aromatic heterocycles. The summed E-state index contributed by atoms with van der Waals surface area (Å²) in [6.07, 6.45) is 0.609. The highest BCUT2D eigenvalue weighted by Crippen LogP contribution is 2.33. The van der Waals surface area contributed by atoms with Gasteiger partial charge in [0.1, 0.15) is 11.4 Å². The van der Waals surface area contributed by atoms with E-state index in [1.54, 1.807) is 7.11 Å². The Morgan fingerprint density at radius 1 is 0.875 bits per heavy atom. The van der Waals surface area contributed by atoms with Crippen LogP contribution in [0.1, 0.15) is 22.3 Å². The molecule has 0 saturated carbocycles. The normalized spacial score (nSPS) is 17.5. The van der Waals surface area contributed by atoms with Crippen LogP contribution in [0.5, 0.6) is 5.75 Å². The minimum Gasteiger partial charge on any atom is -0.497 e. The van der Waals surface area contributed by atoms with Gasteiger partial charge in [-0.25, -0.2) is 0 Å². The van der Waals surface area contributed by atoms with Crippen molar-refractivity contribution in [2.24, 2.45) is 0 Å². The van der Waals surface area contributed by atoms with Gasteiger partial charge in [0.25, 0.3) is 11.8 Å². The lowest BCUT2D eigenvalue weighted by molar-refractivity contribution is -0.137. The Bertz CT molecular complexity index is 1050. The number of amides is 2. The van der Waals surface area contributed by atoms with E-state index in [0.717, 1.165) is 48.6 Å². The van der Waals surface area contributed by atoms with Crippen LogP contribution in [0.15, 0.2) is 48.2 Å². The highest BCUT2D eigenvalue weighted by atomic mass is 16.5. The van der Waals surface area contributed by atoms with E-state index in [0.29, 0.717) is 24.2 Å². The van der Waals surface area contributed by atoms with Gasteiger partial charge in [0.2, 0.25) is 0 Å². The van der Waals surface area contributed by atoms with Crippen LogP contribution in [0.2, 0.25) is 0 Å². The first kappa shape index (κ1) is 22.1. The molecule has 0 spiro atoms. The van der Waals surface area contributed by atoms with Crippen LogP contribution in [-0.4, -0.2) is 73.4 Å². The van der Waals surface area contributed by atoms with Crippen LogP contribution in [-0.2, 0) is 16.0 Å². The van der Waals surface area contributed by atoms with E-state index < -0.39 is 0 Å². The Labute approximate surface area is 190 Å². The molecular formula is C26H31N3O3. The van der Waals surface area contributed by atoms with Crippen molar-refractivity contribution in [3.63, 3.8) is 0 Å². The molecule has 0 atom stereocenters. The number of hydrogen-bond donors (Lipinski definition) is 0. The summed E-state index contributed by atoms with van der Waals surface area (Å²) >= 11 is 0. The van der Waals surface area contributed by atoms with Crippen LogP contribution in [0.3, 0.4) is 0 Å². The molecular weight excluding hydrogens is 402 g/mol. The molecule has 4 rings (SSSR count). The highest BCUT2D eigenvalue weighted by molar-refractivity contribution is 6.35. The highest BCUT2D eigenvalue weighted by Gasteiger charge is 2.41. The zero-order valence-corrected chi connectivity index (χ0v) is 19.4. The summed E-state index contributed by atoms with van der Waals surface area (Å²) in [6, 6.07) is 13.8. The average Bonchev–Trinajstić information content (AvgIpc) is 3.05. The smallest absolute Gasteiger partial charge is 0.277 e. The van der Waals surface area contributed by atoms with E-state index in [1.165, 1.54) is 10.5 Å². The third kappa shape index (κ3) is 4.28. The number of carbonyl (C=O) groups is 2. The van der Waals surface area contributed by atoms with Gasteiger partial charge in [-0.3, -0.25) is 14.5 Å². The summed E-state index contributed by atoms with van der Waals surface area (Å²) < 4.78 is 5.22. The van der Waals surface area contributed by atoms with E-state index >= 15 is 0 Å². The van der Waals surface area contributed by atoms with E-state index in [1.807, 2.05) is 49.4 Å². The Morgan fingerprint density at radius 3 is 2.19 bits per heavy atom. The van der Waals surface area contributed by atoms with Gasteiger partial charge in [0.05, 0.1) is 12.7 Å². The molecule has 0 unspecified atom stereocenters. The minimum absolute atomic E-state index is 0.179. The SMILES string of the molecule is COc1ccc(CCN2C(=O)C(c3ccc(C)c(C)c3)=C(N3CCN(C)CC3)C2=O)cc1. The molecule has 1 fully saturated rings. The van der Waals surface area contributed by atoms with Gasteiger partial charge in [-0.1, -0.05) is 30.3 Å². The summed E-state index contributed by atoms with van der Waals surface area (Å²) in [5.41, 5.74) is 5.27. The molecule has 0 N–H and O–H groups in total. The zero-order chi connectivity index (χ0) is 22.8. The maximum Gasteiger partial charge on any atom is 0.277 e. The molecule has 0 bridgehead atoms. The lowest BCUT2D eigenvalue weighted by Crippen LogP contribution is -2.46. The van der Waals surface area contributed by atoms with Crippen molar-refractivity contribution in [2.75, 3.05) is 46.9 Å². The Balaban J connectivity index is 1.63. The number of carbonyl (C=O) groups excluding carboxylic acids is 2. The second kappa shape index (κ2) is 9.17. The molecule has 2 aromatic carbocycles. The Kier molecular flexibility index (Phi) is 6.33. The van der Waals surface area contributed by atoms with Crippen molar-refractivity contribution in [1.82, 2.24) is 14.7 Å². The second-order valence-corrected chi connectivity index (χ2v) is 8.67. The maximum atomic E-state index is 13.5. The number of aryl methyl sites for hydroxylation is 2. The van der Waals surface area contributed by atoms with Crippen LogP contribution in [0.4, 0.5) is 0 Å². The van der Waals surface area contributed by atoms with Crippen molar-refractivity contribution >= 4 is 17.4 Å². The quantitative estimate of drug-likeness (QED) is 0.656. The first-order chi connectivity index (χ1) is 15.4. The summed E-state index contributed by atoms with van der Waals surface area (Å²) in [4.78, 5) is 32.8. The topological polar surface area (TPSA) is 53.1 Å². The van der Waals surface area contributed by atoms with Crippen LogP contribution in [0, 0.1) is 13.8 Å². The van der Waals surface area contributed by atoms with Crippen molar-refractivity contribution in [2.45, 2.75) is 20.3 Å². The zero-order valence-electron chi connectivity index (χ0n) is 19.4. The van der Waals surface area contributed by atoms with E-state index in [2.05, 4.69) is 23.8 Å². The monoisotopic (exact) mass is 433 g/mol. The third-order valence-corrected chi connectivity index (χ3v) is 6.54. The van der Waals surface area contributed by atoms with Crippen molar-refractivity contribution in [1.29, 1.82) is 0 Å². The summed E-state index contributed by atoms with van der Waals surface area (Å²) in [5, 5.41) is 0.